The predicted octanol–water partition coefficient (Wildman–Crippen LogP) is 0.794. The summed E-state index contributed by atoms with van der Waals surface area (Å²) in [5.41, 5.74) is 6.44. The van der Waals surface area contributed by atoms with Gasteiger partial charge in [-0.1, -0.05) is 0 Å². The van der Waals surface area contributed by atoms with Crippen LogP contribution in [-0.2, 0) is 0 Å². The van der Waals surface area contributed by atoms with E-state index in [2.05, 4.69) is 20.1 Å². The van der Waals surface area contributed by atoms with Crippen LogP contribution in [0.15, 0.2) is 6.20 Å². The maximum atomic E-state index is 5.80. The number of hydrogen-bond acceptors (Lipinski definition) is 5. The van der Waals surface area contributed by atoms with E-state index >= 15 is 0 Å². The van der Waals surface area contributed by atoms with E-state index in [1.54, 1.807) is 11.0 Å². The molecule has 0 spiro atoms. The summed E-state index contributed by atoms with van der Waals surface area (Å²) < 4.78 is 0. The predicted molar refractivity (Wildman–Crippen MR) is 61.9 cm³/mol. The molecule has 0 unspecified atom stereocenters. The van der Waals surface area contributed by atoms with Gasteiger partial charge in [-0.2, -0.15) is 14.9 Å². The van der Waals surface area contributed by atoms with Crippen LogP contribution in [0.5, 0.6) is 0 Å². The molecule has 0 atom stereocenters. The molecule has 0 radical (unpaired) electrons. The van der Waals surface area contributed by atoms with Crippen molar-refractivity contribution in [2.45, 2.75) is 12.8 Å². The molecule has 16 heavy (non-hydrogen) atoms. The molecule has 1 saturated heterocycles. The molecule has 84 valence electrons. The molecule has 0 saturated carbocycles. The smallest absolute Gasteiger partial charge is 0.226 e. The van der Waals surface area contributed by atoms with Crippen molar-refractivity contribution < 1.29 is 0 Å². The van der Waals surface area contributed by atoms with Crippen LogP contribution in [0.4, 0.5) is 5.82 Å². The molecule has 6 nitrogen and oxygen atoms in total. The van der Waals surface area contributed by atoms with Crippen LogP contribution in [0.1, 0.15) is 12.8 Å². The van der Waals surface area contributed by atoms with Gasteiger partial charge < -0.3 is 5.73 Å². The quantitative estimate of drug-likeness (QED) is 0.744. The number of aromatic nitrogens is 4. The summed E-state index contributed by atoms with van der Waals surface area (Å²) in [6.45, 7) is 1.97. The van der Waals surface area contributed by atoms with Crippen LogP contribution in [-0.4, -0.2) is 32.9 Å². The van der Waals surface area contributed by atoms with Crippen molar-refractivity contribution in [1.29, 1.82) is 0 Å². The Bertz CT molecular complexity index is 530. The van der Waals surface area contributed by atoms with E-state index in [9.17, 15) is 0 Å². The zero-order valence-corrected chi connectivity index (χ0v) is 9.35. The van der Waals surface area contributed by atoms with Crippen LogP contribution < -0.4 is 10.7 Å². The summed E-state index contributed by atoms with van der Waals surface area (Å²) in [7, 11) is 0. The molecule has 0 bridgehead atoms. The van der Waals surface area contributed by atoms with E-state index in [0.29, 0.717) is 11.5 Å². The fourth-order valence-corrected chi connectivity index (χ4v) is 2.16. The van der Waals surface area contributed by atoms with Crippen molar-refractivity contribution in [2.75, 3.05) is 23.8 Å². The highest BCUT2D eigenvalue weighted by Crippen LogP contribution is 2.20. The third-order valence-corrected chi connectivity index (χ3v) is 2.93. The lowest BCUT2D eigenvalue weighted by Crippen LogP contribution is -2.32. The fraction of sp³-hybridized carbons (Fsp3) is 0.444. The van der Waals surface area contributed by atoms with E-state index in [4.69, 9.17) is 17.3 Å². The molecule has 1 aliphatic heterocycles. The number of halogens is 1. The summed E-state index contributed by atoms with van der Waals surface area (Å²) in [4.78, 5) is 9.85. The van der Waals surface area contributed by atoms with Gasteiger partial charge in [0.1, 0.15) is 5.82 Å². The minimum Gasteiger partial charge on any atom is -0.383 e. The minimum absolute atomic E-state index is 0.158. The van der Waals surface area contributed by atoms with Gasteiger partial charge >= 0.3 is 0 Å². The number of nitrogens with zero attached hydrogens (tertiary/aromatic N) is 5. The Kier molecular flexibility index (Phi) is 2.10. The second-order valence-corrected chi connectivity index (χ2v) is 4.15. The minimum atomic E-state index is 0.158. The van der Waals surface area contributed by atoms with Gasteiger partial charge in [-0.05, 0) is 24.4 Å². The Hall–Kier alpha value is -1.56. The molecule has 0 aromatic carbocycles. The normalized spacial score (nSPS) is 16.2. The lowest BCUT2D eigenvalue weighted by atomic mass is 10.4. The van der Waals surface area contributed by atoms with Crippen LogP contribution in [0, 0.1) is 0 Å². The van der Waals surface area contributed by atoms with Crippen molar-refractivity contribution in [3.8, 4) is 0 Å². The molecular weight excluding hydrogens is 228 g/mol. The molecule has 0 amide bonds. The lowest BCUT2D eigenvalue weighted by Gasteiger charge is -2.17. The van der Waals surface area contributed by atoms with E-state index in [0.717, 1.165) is 18.5 Å². The Labute approximate surface area is 97.0 Å². The van der Waals surface area contributed by atoms with Crippen molar-refractivity contribution >= 4 is 28.5 Å². The monoisotopic (exact) mass is 238 g/mol. The van der Waals surface area contributed by atoms with Crippen LogP contribution in [0.25, 0.3) is 11.0 Å². The van der Waals surface area contributed by atoms with Crippen molar-refractivity contribution in [2.24, 2.45) is 0 Å². The van der Waals surface area contributed by atoms with Crippen molar-refractivity contribution in [1.82, 2.24) is 19.9 Å². The zero-order chi connectivity index (χ0) is 11.1. The van der Waals surface area contributed by atoms with Crippen molar-refractivity contribution in [3.05, 3.63) is 11.5 Å². The number of nitrogen functional groups attached to an aromatic ring is 1. The summed E-state index contributed by atoms with van der Waals surface area (Å²) in [6.07, 6.45) is 4.03. The Morgan fingerprint density at radius 2 is 2.00 bits per heavy atom. The van der Waals surface area contributed by atoms with Gasteiger partial charge in [0.15, 0.2) is 5.65 Å². The molecule has 2 aromatic rings. The average molecular weight is 239 g/mol. The first kappa shape index (κ1) is 9.65. The number of nitrogens with two attached hydrogens (primary N) is 1. The van der Waals surface area contributed by atoms with Gasteiger partial charge in [0.2, 0.25) is 5.28 Å². The van der Waals surface area contributed by atoms with Gasteiger partial charge in [0.25, 0.3) is 0 Å². The summed E-state index contributed by atoms with van der Waals surface area (Å²) >= 11 is 5.80. The van der Waals surface area contributed by atoms with Gasteiger partial charge in [-0.3, -0.25) is 5.01 Å². The Balaban J connectivity index is 2.18. The number of anilines is 1. The molecule has 7 heteroatoms. The van der Waals surface area contributed by atoms with Crippen molar-refractivity contribution in [3.63, 3.8) is 0 Å². The first-order valence-corrected chi connectivity index (χ1v) is 5.55. The van der Waals surface area contributed by atoms with Crippen LogP contribution in [0.3, 0.4) is 0 Å². The van der Waals surface area contributed by atoms with Gasteiger partial charge in [0, 0.05) is 13.1 Å². The molecule has 3 rings (SSSR count). The summed E-state index contributed by atoms with van der Waals surface area (Å²) in [5.74, 6) is 0.375. The second-order valence-electron chi connectivity index (χ2n) is 3.81. The largest absolute Gasteiger partial charge is 0.383 e. The highest BCUT2D eigenvalue weighted by Gasteiger charge is 2.17. The second kappa shape index (κ2) is 3.48. The SMILES string of the molecule is Nc1nc(Cl)nc2c1cnn2N1CCCC1. The topological polar surface area (TPSA) is 72.9 Å². The van der Waals surface area contributed by atoms with E-state index in [-0.39, 0.29) is 5.28 Å². The van der Waals surface area contributed by atoms with E-state index in [1.807, 2.05) is 0 Å². The van der Waals surface area contributed by atoms with Crippen LogP contribution >= 0.6 is 11.6 Å². The highest BCUT2D eigenvalue weighted by atomic mass is 35.5. The molecule has 2 N–H and O–H groups in total. The fourth-order valence-electron chi connectivity index (χ4n) is 1.99. The van der Waals surface area contributed by atoms with Gasteiger partial charge in [0.05, 0.1) is 11.6 Å². The molecular formula is C9H11ClN6. The van der Waals surface area contributed by atoms with Crippen LogP contribution in [0.2, 0.25) is 5.28 Å². The summed E-state index contributed by atoms with van der Waals surface area (Å²) in [5, 5.41) is 7.32. The molecule has 2 aromatic heterocycles. The van der Waals surface area contributed by atoms with E-state index in [1.165, 1.54) is 12.8 Å². The first-order chi connectivity index (χ1) is 7.75. The molecule has 0 aliphatic carbocycles. The third kappa shape index (κ3) is 1.37. The molecule has 1 fully saturated rings. The maximum Gasteiger partial charge on any atom is 0.226 e. The highest BCUT2D eigenvalue weighted by molar-refractivity contribution is 6.28. The number of hydrogen-bond donors (Lipinski definition) is 1. The summed E-state index contributed by atoms with van der Waals surface area (Å²) in [6, 6.07) is 0. The molecule has 1 aliphatic rings. The zero-order valence-electron chi connectivity index (χ0n) is 8.60. The maximum absolute atomic E-state index is 5.80. The Morgan fingerprint density at radius 1 is 1.25 bits per heavy atom. The van der Waals surface area contributed by atoms with E-state index < -0.39 is 0 Å². The standard InChI is InChI=1S/C9H11ClN6/c10-9-13-7(11)6-5-12-16(8(6)14-9)15-3-1-2-4-15/h5H,1-4H2,(H2,11,13,14). The molecule has 3 heterocycles. The average Bonchev–Trinajstić information content (AvgIpc) is 2.83. The van der Waals surface area contributed by atoms with Gasteiger partial charge in [-0.15, -0.1) is 0 Å². The number of rotatable bonds is 1. The van der Waals surface area contributed by atoms with Gasteiger partial charge in [-0.25, -0.2) is 4.98 Å². The lowest BCUT2D eigenvalue weighted by molar-refractivity contribution is 0.603. The third-order valence-electron chi connectivity index (χ3n) is 2.76. The number of fused-ring (bicyclic) bond motifs is 1. The first-order valence-electron chi connectivity index (χ1n) is 5.18. The Morgan fingerprint density at radius 3 is 2.75 bits per heavy atom.